The maximum atomic E-state index is 5.38. The monoisotopic (exact) mass is 172 g/mol. The van der Waals surface area contributed by atoms with Crippen LogP contribution in [-0.4, -0.2) is 19.6 Å². The highest BCUT2D eigenvalue weighted by Gasteiger charge is 2.14. The van der Waals surface area contributed by atoms with Crippen molar-refractivity contribution in [3.8, 4) is 0 Å². The Morgan fingerprint density at radius 3 is 2.33 bits per heavy atom. The molecular formula is C10H24N2. The van der Waals surface area contributed by atoms with Crippen molar-refractivity contribution in [2.45, 2.75) is 34.1 Å². The molecule has 0 rings (SSSR count). The third kappa shape index (κ3) is 8.02. The molecule has 0 radical (unpaired) electrons. The molecule has 0 aromatic carbocycles. The smallest absolute Gasteiger partial charge is 0.00746 e. The zero-order valence-electron chi connectivity index (χ0n) is 8.98. The summed E-state index contributed by atoms with van der Waals surface area (Å²) in [6.07, 6.45) is 1.27. The summed E-state index contributed by atoms with van der Waals surface area (Å²) in [5, 5.41) is 3.33. The Morgan fingerprint density at radius 2 is 1.92 bits per heavy atom. The van der Waals surface area contributed by atoms with E-state index in [2.05, 4.69) is 33.0 Å². The van der Waals surface area contributed by atoms with Crippen molar-refractivity contribution in [3.63, 3.8) is 0 Å². The van der Waals surface area contributed by atoms with Crippen LogP contribution in [0.3, 0.4) is 0 Å². The van der Waals surface area contributed by atoms with Crippen molar-refractivity contribution in [2.75, 3.05) is 19.6 Å². The number of hydrogen-bond acceptors (Lipinski definition) is 2. The minimum absolute atomic E-state index is 0.448. The predicted octanol–water partition coefficient (Wildman–Crippen LogP) is 1.61. The molecule has 0 fully saturated rings. The molecule has 3 N–H and O–H groups in total. The van der Waals surface area contributed by atoms with E-state index >= 15 is 0 Å². The van der Waals surface area contributed by atoms with Gasteiger partial charge in [0, 0.05) is 13.1 Å². The van der Waals surface area contributed by atoms with Crippen LogP contribution >= 0.6 is 0 Å². The van der Waals surface area contributed by atoms with Gasteiger partial charge in [-0.1, -0.05) is 27.7 Å². The Kier molecular flexibility index (Phi) is 5.51. The highest BCUT2D eigenvalue weighted by molar-refractivity contribution is 4.67. The number of rotatable bonds is 5. The Morgan fingerprint density at radius 1 is 1.33 bits per heavy atom. The highest BCUT2D eigenvalue weighted by Crippen LogP contribution is 2.23. The number of nitrogens with one attached hydrogen (secondary N) is 1. The first-order chi connectivity index (χ1) is 5.45. The summed E-state index contributed by atoms with van der Waals surface area (Å²) in [6, 6.07) is 0. The molecular weight excluding hydrogens is 148 g/mol. The molecule has 1 atom stereocenters. The van der Waals surface area contributed by atoms with Gasteiger partial charge in [-0.2, -0.15) is 0 Å². The average Bonchev–Trinajstić information content (AvgIpc) is 1.84. The van der Waals surface area contributed by atoms with Gasteiger partial charge in [0.25, 0.3) is 0 Å². The molecule has 0 saturated carbocycles. The van der Waals surface area contributed by atoms with E-state index in [1.807, 2.05) is 0 Å². The summed E-state index contributed by atoms with van der Waals surface area (Å²) in [7, 11) is 0. The first-order valence-corrected chi connectivity index (χ1v) is 4.86. The summed E-state index contributed by atoms with van der Waals surface area (Å²) >= 11 is 0. The fourth-order valence-electron chi connectivity index (χ4n) is 1.57. The Bertz CT molecular complexity index is 105. The van der Waals surface area contributed by atoms with E-state index in [0.29, 0.717) is 5.41 Å². The maximum Gasteiger partial charge on any atom is 0.00746 e. The summed E-state index contributed by atoms with van der Waals surface area (Å²) in [5.74, 6) is 0.747. The van der Waals surface area contributed by atoms with Gasteiger partial charge in [0.05, 0.1) is 0 Å². The first kappa shape index (κ1) is 11.9. The number of hydrogen-bond donors (Lipinski definition) is 2. The molecule has 1 unspecified atom stereocenters. The highest BCUT2D eigenvalue weighted by atomic mass is 14.9. The lowest BCUT2D eigenvalue weighted by molar-refractivity contribution is 0.300. The summed E-state index contributed by atoms with van der Waals surface area (Å²) in [6.45, 7) is 11.9. The molecule has 74 valence electrons. The molecule has 0 amide bonds. The molecule has 0 aliphatic rings. The van der Waals surface area contributed by atoms with E-state index in [-0.39, 0.29) is 0 Å². The van der Waals surface area contributed by atoms with Gasteiger partial charge in [-0.3, -0.25) is 0 Å². The topological polar surface area (TPSA) is 38.0 Å². The third-order valence-corrected chi connectivity index (χ3v) is 1.77. The van der Waals surface area contributed by atoms with Crippen LogP contribution in [0.15, 0.2) is 0 Å². The van der Waals surface area contributed by atoms with Crippen LogP contribution in [0.5, 0.6) is 0 Å². The van der Waals surface area contributed by atoms with Gasteiger partial charge in [-0.15, -0.1) is 0 Å². The fraction of sp³-hybridized carbons (Fsp3) is 1.00. The molecule has 0 aliphatic heterocycles. The third-order valence-electron chi connectivity index (χ3n) is 1.77. The Hall–Kier alpha value is -0.0800. The van der Waals surface area contributed by atoms with E-state index in [1.54, 1.807) is 0 Å². The van der Waals surface area contributed by atoms with Crippen molar-refractivity contribution in [1.82, 2.24) is 5.32 Å². The second-order valence-electron chi connectivity index (χ2n) is 4.86. The second-order valence-corrected chi connectivity index (χ2v) is 4.86. The van der Waals surface area contributed by atoms with E-state index in [4.69, 9.17) is 5.73 Å². The normalized spacial score (nSPS) is 14.8. The van der Waals surface area contributed by atoms with Crippen molar-refractivity contribution >= 4 is 0 Å². The molecule has 2 heteroatoms. The van der Waals surface area contributed by atoms with Gasteiger partial charge in [-0.25, -0.2) is 0 Å². The van der Waals surface area contributed by atoms with Gasteiger partial charge >= 0.3 is 0 Å². The van der Waals surface area contributed by atoms with E-state index in [1.165, 1.54) is 6.42 Å². The molecule has 0 bridgehead atoms. The van der Waals surface area contributed by atoms with Crippen LogP contribution in [0.4, 0.5) is 0 Å². The van der Waals surface area contributed by atoms with E-state index < -0.39 is 0 Å². The molecule has 0 aromatic rings. The van der Waals surface area contributed by atoms with Gasteiger partial charge < -0.3 is 11.1 Å². The van der Waals surface area contributed by atoms with E-state index in [0.717, 1.165) is 25.6 Å². The summed E-state index contributed by atoms with van der Waals surface area (Å²) < 4.78 is 0. The Balaban J connectivity index is 3.40. The first-order valence-electron chi connectivity index (χ1n) is 4.86. The lowest BCUT2D eigenvalue weighted by Crippen LogP contribution is -2.28. The molecule has 0 aliphatic carbocycles. The van der Waals surface area contributed by atoms with Crippen LogP contribution in [0.25, 0.3) is 0 Å². The van der Waals surface area contributed by atoms with Crippen LogP contribution in [0.1, 0.15) is 34.1 Å². The minimum Gasteiger partial charge on any atom is -0.329 e. The van der Waals surface area contributed by atoms with Gasteiger partial charge in [0.2, 0.25) is 0 Å². The molecule has 2 nitrogen and oxygen atoms in total. The lowest BCUT2D eigenvalue weighted by Gasteiger charge is -2.23. The Labute approximate surface area is 76.9 Å². The predicted molar refractivity (Wildman–Crippen MR) is 55.2 cm³/mol. The molecule has 12 heavy (non-hydrogen) atoms. The van der Waals surface area contributed by atoms with Crippen molar-refractivity contribution in [3.05, 3.63) is 0 Å². The minimum atomic E-state index is 0.448. The largest absolute Gasteiger partial charge is 0.329 e. The van der Waals surface area contributed by atoms with Crippen LogP contribution in [0.2, 0.25) is 0 Å². The van der Waals surface area contributed by atoms with E-state index in [9.17, 15) is 0 Å². The van der Waals surface area contributed by atoms with Crippen molar-refractivity contribution in [2.24, 2.45) is 17.1 Å². The van der Waals surface area contributed by atoms with Crippen molar-refractivity contribution in [1.29, 1.82) is 0 Å². The summed E-state index contributed by atoms with van der Waals surface area (Å²) in [5.41, 5.74) is 5.83. The van der Waals surface area contributed by atoms with Gasteiger partial charge in [-0.05, 0) is 24.3 Å². The quantitative estimate of drug-likeness (QED) is 0.618. The SMILES string of the molecule is CC(CNCCN)CC(C)(C)C. The summed E-state index contributed by atoms with van der Waals surface area (Å²) in [4.78, 5) is 0. The van der Waals surface area contributed by atoms with Crippen LogP contribution < -0.4 is 11.1 Å². The average molecular weight is 172 g/mol. The number of nitrogens with two attached hydrogens (primary N) is 1. The van der Waals surface area contributed by atoms with Crippen molar-refractivity contribution < 1.29 is 0 Å². The van der Waals surface area contributed by atoms with Gasteiger partial charge in [0.15, 0.2) is 0 Å². The lowest BCUT2D eigenvalue weighted by atomic mass is 9.85. The molecule has 0 saturated heterocycles. The van der Waals surface area contributed by atoms with Crippen LogP contribution in [0, 0.1) is 11.3 Å². The fourth-order valence-corrected chi connectivity index (χ4v) is 1.57. The molecule has 0 aromatic heterocycles. The molecule has 0 spiro atoms. The standard InChI is InChI=1S/C10H24N2/c1-9(7-10(2,3)4)8-12-6-5-11/h9,12H,5-8,11H2,1-4H3. The zero-order chi connectivity index (χ0) is 9.61. The maximum absolute atomic E-state index is 5.38. The second kappa shape index (κ2) is 5.55. The zero-order valence-corrected chi connectivity index (χ0v) is 8.98. The van der Waals surface area contributed by atoms with Crippen LogP contribution in [-0.2, 0) is 0 Å². The van der Waals surface area contributed by atoms with Gasteiger partial charge in [0.1, 0.15) is 0 Å². The molecule has 0 heterocycles.